The third-order valence-corrected chi connectivity index (χ3v) is 4.34. The van der Waals surface area contributed by atoms with Crippen LogP contribution in [0.5, 0.6) is 0 Å². The molecule has 0 amide bonds. The standard InChI is InChI=1S/C16H27N5/c1-5-9-17-13-12-21-11-10-18-15(21)14(19-13)20-16(6-2,7-3)8-4/h10-12,17H,5-9H2,1-4H3,(H,19,20). The molecule has 0 saturated carbocycles. The molecule has 2 aromatic heterocycles. The van der Waals surface area contributed by atoms with Gasteiger partial charge in [0.1, 0.15) is 5.82 Å². The van der Waals surface area contributed by atoms with Gasteiger partial charge in [-0.25, -0.2) is 9.97 Å². The maximum atomic E-state index is 4.73. The Morgan fingerprint density at radius 1 is 1.14 bits per heavy atom. The van der Waals surface area contributed by atoms with Gasteiger partial charge in [0.25, 0.3) is 0 Å². The molecule has 2 heterocycles. The summed E-state index contributed by atoms with van der Waals surface area (Å²) in [5.41, 5.74) is 0.972. The Hall–Kier alpha value is -1.78. The fourth-order valence-corrected chi connectivity index (χ4v) is 2.62. The zero-order valence-corrected chi connectivity index (χ0v) is 13.6. The average molecular weight is 289 g/mol. The topological polar surface area (TPSA) is 54.2 Å². The summed E-state index contributed by atoms with van der Waals surface area (Å²) >= 11 is 0. The van der Waals surface area contributed by atoms with Crippen molar-refractivity contribution in [2.24, 2.45) is 0 Å². The van der Waals surface area contributed by atoms with E-state index in [1.54, 1.807) is 0 Å². The van der Waals surface area contributed by atoms with Gasteiger partial charge in [-0.15, -0.1) is 0 Å². The summed E-state index contributed by atoms with van der Waals surface area (Å²) in [7, 11) is 0. The molecule has 0 aliphatic heterocycles. The number of fused-ring (bicyclic) bond motifs is 1. The van der Waals surface area contributed by atoms with E-state index in [1.807, 2.05) is 23.0 Å². The van der Waals surface area contributed by atoms with E-state index in [9.17, 15) is 0 Å². The summed E-state index contributed by atoms with van der Waals surface area (Å²) in [6.07, 6.45) is 10.1. The highest BCUT2D eigenvalue weighted by Crippen LogP contribution is 2.27. The summed E-state index contributed by atoms with van der Waals surface area (Å²) in [5.74, 6) is 1.76. The first-order valence-corrected chi connectivity index (χ1v) is 8.03. The van der Waals surface area contributed by atoms with Crippen LogP contribution in [0.1, 0.15) is 53.4 Å². The van der Waals surface area contributed by atoms with Crippen molar-refractivity contribution in [3.8, 4) is 0 Å². The summed E-state index contributed by atoms with van der Waals surface area (Å²) in [6.45, 7) is 9.75. The Bertz CT molecular complexity index is 563. The molecule has 2 aromatic rings. The van der Waals surface area contributed by atoms with Crippen molar-refractivity contribution in [1.29, 1.82) is 0 Å². The van der Waals surface area contributed by atoms with E-state index in [4.69, 9.17) is 4.98 Å². The van der Waals surface area contributed by atoms with Crippen molar-refractivity contribution < 1.29 is 0 Å². The van der Waals surface area contributed by atoms with Gasteiger partial charge in [0.2, 0.25) is 0 Å². The molecule has 5 nitrogen and oxygen atoms in total. The molecule has 2 rings (SSSR count). The van der Waals surface area contributed by atoms with Crippen molar-refractivity contribution in [3.63, 3.8) is 0 Å². The van der Waals surface area contributed by atoms with Gasteiger partial charge in [0.15, 0.2) is 11.5 Å². The minimum atomic E-state index is 0.0861. The maximum Gasteiger partial charge on any atom is 0.180 e. The van der Waals surface area contributed by atoms with Gasteiger partial charge >= 0.3 is 0 Å². The number of aromatic nitrogens is 3. The quantitative estimate of drug-likeness (QED) is 0.773. The first-order chi connectivity index (χ1) is 10.2. The monoisotopic (exact) mass is 289 g/mol. The van der Waals surface area contributed by atoms with E-state index in [2.05, 4.69) is 43.3 Å². The Balaban J connectivity index is 2.38. The van der Waals surface area contributed by atoms with Crippen LogP contribution in [0.2, 0.25) is 0 Å². The first-order valence-electron chi connectivity index (χ1n) is 8.03. The highest BCUT2D eigenvalue weighted by atomic mass is 15.2. The molecular weight excluding hydrogens is 262 g/mol. The Morgan fingerprint density at radius 3 is 2.48 bits per heavy atom. The van der Waals surface area contributed by atoms with Crippen LogP contribution < -0.4 is 10.6 Å². The zero-order chi connectivity index (χ0) is 15.3. The van der Waals surface area contributed by atoms with Crippen LogP contribution in [0.15, 0.2) is 18.6 Å². The Morgan fingerprint density at radius 2 is 1.86 bits per heavy atom. The Labute approximate surface area is 127 Å². The van der Waals surface area contributed by atoms with E-state index >= 15 is 0 Å². The van der Waals surface area contributed by atoms with Gasteiger partial charge in [0.05, 0.1) is 6.20 Å². The van der Waals surface area contributed by atoms with E-state index in [0.717, 1.165) is 49.5 Å². The number of imidazole rings is 1. The summed E-state index contributed by atoms with van der Waals surface area (Å²) in [6, 6.07) is 0. The molecule has 0 fully saturated rings. The minimum absolute atomic E-state index is 0.0861. The summed E-state index contributed by atoms with van der Waals surface area (Å²) in [5, 5.41) is 7.01. The van der Waals surface area contributed by atoms with Crippen molar-refractivity contribution in [2.75, 3.05) is 17.2 Å². The molecule has 0 bridgehead atoms. The van der Waals surface area contributed by atoms with Crippen LogP contribution in [0.3, 0.4) is 0 Å². The SMILES string of the molecule is CCCNc1cn2ccnc2c(NC(CC)(CC)CC)n1. The second-order valence-corrected chi connectivity index (χ2v) is 5.53. The lowest BCUT2D eigenvalue weighted by atomic mass is 9.90. The molecule has 2 N–H and O–H groups in total. The lowest BCUT2D eigenvalue weighted by Gasteiger charge is -2.32. The molecule has 0 aromatic carbocycles. The number of nitrogens with zero attached hydrogens (tertiary/aromatic N) is 3. The molecule has 0 unspecified atom stereocenters. The minimum Gasteiger partial charge on any atom is -0.369 e. The molecule has 0 atom stereocenters. The lowest BCUT2D eigenvalue weighted by molar-refractivity contribution is 0.419. The first kappa shape index (κ1) is 15.6. The lowest BCUT2D eigenvalue weighted by Crippen LogP contribution is -2.36. The van der Waals surface area contributed by atoms with Gasteiger partial charge < -0.3 is 15.0 Å². The average Bonchev–Trinajstić information content (AvgIpc) is 2.99. The van der Waals surface area contributed by atoms with Gasteiger partial charge in [-0.1, -0.05) is 27.7 Å². The van der Waals surface area contributed by atoms with Crippen molar-refractivity contribution >= 4 is 17.3 Å². The third-order valence-electron chi connectivity index (χ3n) is 4.34. The summed E-state index contributed by atoms with van der Waals surface area (Å²) < 4.78 is 2.03. The fourth-order valence-electron chi connectivity index (χ4n) is 2.62. The number of nitrogens with one attached hydrogen (secondary N) is 2. The van der Waals surface area contributed by atoms with E-state index in [0.29, 0.717) is 0 Å². The molecule has 0 aliphatic rings. The molecule has 0 saturated heterocycles. The van der Waals surface area contributed by atoms with Crippen molar-refractivity contribution in [3.05, 3.63) is 18.6 Å². The molecule has 21 heavy (non-hydrogen) atoms. The van der Waals surface area contributed by atoms with Crippen LogP contribution in [-0.2, 0) is 0 Å². The van der Waals surface area contributed by atoms with Crippen LogP contribution in [0.25, 0.3) is 5.65 Å². The Kier molecular flexibility index (Phi) is 5.04. The number of hydrogen-bond acceptors (Lipinski definition) is 4. The normalized spacial score (nSPS) is 11.8. The van der Waals surface area contributed by atoms with Crippen LogP contribution in [0.4, 0.5) is 11.6 Å². The highest BCUT2D eigenvalue weighted by molar-refractivity contribution is 5.66. The molecule has 0 spiro atoms. The van der Waals surface area contributed by atoms with Crippen LogP contribution in [-0.4, -0.2) is 26.5 Å². The highest BCUT2D eigenvalue weighted by Gasteiger charge is 2.25. The molecule has 5 heteroatoms. The van der Waals surface area contributed by atoms with Gasteiger partial charge in [-0.3, -0.25) is 0 Å². The predicted octanol–water partition coefficient (Wildman–Crippen LogP) is 3.93. The van der Waals surface area contributed by atoms with Gasteiger partial charge in [-0.2, -0.15) is 0 Å². The second-order valence-electron chi connectivity index (χ2n) is 5.53. The second kappa shape index (κ2) is 6.78. The predicted molar refractivity (Wildman–Crippen MR) is 89.0 cm³/mol. The molecular formula is C16H27N5. The zero-order valence-electron chi connectivity index (χ0n) is 13.6. The molecule has 0 radical (unpaired) electrons. The number of anilines is 2. The van der Waals surface area contributed by atoms with E-state index in [1.165, 1.54) is 0 Å². The van der Waals surface area contributed by atoms with Gasteiger partial charge in [0, 0.05) is 24.5 Å². The van der Waals surface area contributed by atoms with Gasteiger partial charge in [-0.05, 0) is 25.7 Å². The molecule has 0 aliphatic carbocycles. The van der Waals surface area contributed by atoms with E-state index in [-0.39, 0.29) is 5.54 Å². The van der Waals surface area contributed by atoms with Crippen LogP contribution >= 0.6 is 0 Å². The summed E-state index contributed by atoms with van der Waals surface area (Å²) in [4.78, 5) is 9.17. The van der Waals surface area contributed by atoms with Crippen LogP contribution in [0, 0.1) is 0 Å². The van der Waals surface area contributed by atoms with E-state index < -0.39 is 0 Å². The van der Waals surface area contributed by atoms with Crippen molar-refractivity contribution in [2.45, 2.75) is 58.9 Å². The third kappa shape index (κ3) is 3.28. The number of rotatable bonds is 8. The molecule has 116 valence electrons. The van der Waals surface area contributed by atoms with Crippen molar-refractivity contribution in [1.82, 2.24) is 14.4 Å². The largest absolute Gasteiger partial charge is 0.369 e. The number of hydrogen-bond donors (Lipinski definition) is 2. The smallest absolute Gasteiger partial charge is 0.180 e. The fraction of sp³-hybridized carbons (Fsp3) is 0.625. The maximum absolute atomic E-state index is 4.73.